The summed E-state index contributed by atoms with van der Waals surface area (Å²) in [5.41, 5.74) is 13.8. The molecule has 5 nitrogen and oxygen atoms in total. The largest absolute Gasteiger partial charge is 0.456 e. The van der Waals surface area contributed by atoms with Crippen LogP contribution in [0.25, 0.3) is 51.2 Å². The molecule has 3 heterocycles. The summed E-state index contributed by atoms with van der Waals surface area (Å²) >= 11 is 0. The first-order chi connectivity index (χ1) is 25.1. The van der Waals surface area contributed by atoms with Crippen molar-refractivity contribution < 1.29 is 4.42 Å². The molecule has 3 unspecified atom stereocenters. The summed E-state index contributed by atoms with van der Waals surface area (Å²) in [6.07, 6.45) is 19.3. The summed E-state index contributed by atoms with van der Waals surface area (Å²) in [7, 11) is 0. The standard InChI is InChI=1S/C46H32N4O/c1-28-10-8-17-41-44(28)38-14-9-19-43-45(37-13-4-7-18-42(37)51-43)46(38)50(41)32-21-23-34(30(25-32)27-48)33-22-20-31(24-29(33)26-47)49-39-15-5-2-11-35(39)36-12-3-6-16-40(36)49/h2-9,11-13,15-25,28,35,39H,10,14H2,1H3. The van der Waals surface area contributed by atoms with E-state index in [1.807, 2.05) is 36.4 Å². The van der Waals surface area contributed by atoms with Crippen LogP contribution < -0.4 is 4.90 Å². The van der Waals surface area contributed by atoms with Crippen molar-refractivity contribution in [2.24, 2.45) is 0 Å². The lowest BCUT2D eigenvalue weighted by molar-refractivity contribution is 0.605. The summed E-state index contributed by atoms with van der Waals surface area (Å²) in [6.45, 7) is 2.30. The van der Waals surface area contributed by atoms with Gasteiger partial charge in [0.1, 0.15) is 11.3 Å². The Morgan fingerprint density at radius 2 is 1.53 bits per heavy atom. The molecule has 0 N–H and O–H groups in total. The lowest BCUT2D eigenvalue weighted by atomic mass is 9.88. The Balaban J connectivity index is 1.12. The third-order valence-corrected chi connectivity index (χ3v) is 11.1. The van der Waals surface area contributed by atoms with Gasteiger partial charge in [-0.3, -0.25) is 0 Å². The van der Waals surface area contributed by atoms with Crippen molar-refractivity contribution in [1.82, 2.24) is 4.57 Å². The van der Waals surface area contributed by atoms with Crippen LogP contribution in [-0.4, -0.2) is 10.6 Å². The van der Waals surface area contributed by atoms with Gasteiger partial charge in [0.15, 0.2) is 0 Å². The van der Waals surface area contributed by atoms with Gasteiger partial charge in [-0.25, -0.2) is 0 Å². The van der Waals surface area contributed by atoms with Gasteiger partial charge in [0.2, 0.25) is 0 Å². The van der Waals surface area contributed by atoms with Gasteiger partial charge in [-0.05, 0) is 84.0 Å². The van der Waals surface area contributed by atoms with Crippen molar-refractivity contribution in [1.29, 1.82) is 10.5 Å². The molecule has 0 bridgehead atoms. The highest BCUT2D eigenvalue weighted by Crippen LogP contribution is 2.50. The van der Waals surface area contributed by atoms with Crippen LogP contribution in [0.2, 0.25) is 0 Å². The van der Waals surface area contributed by atoms with E-state index in [1.165, 1.54) is 16.7 Å². The normalized spacial score (nSPS) is 19.1. The van der Waals surface area contributed by atoms with Crippen molar-refractivity contribution in [2.45, 2.75) is 37.6 Å². The molecule has 0 saturated carbocycles. The topological polar surface area (TPSA) is 68.9 Å². The first-order valence-corrected chi connectivity index (χ1v) is 17.6. The van der Waals surface area contributed by atoms with E-state index in [9.17, 15) is 10.5 Å². The van der Waals surface area contributed by atoms with Crippen LogP contribution in [0.3, 0.4) is 0 Å². The molecule has 3 aliphatic carbocycles. The molecule has 6 aromatic rings. The van der Waals surface area contributed by atoms with Gasteiger partial charge in [0.25, 0.3) is 0 Å². The van der Waals surface area contributed by atoms with E-state index >= 15 is 0 Å². The molecular weight excluding hydrogens is 625 g/mol. The first kappa shape index (κ1) is 29.4. The highest BCUT2D eigenvalue weighted by Gasteiger charge is 2.37. The summed E-state index contributed by atoms with van der Waals surface area (Å²) in [4.78, 5) is 2.33. The van der Waals surface area contributed by atoms with Crippen molar-refractivity contribution in [3.05, 3.63) is 161 Å². The van der Waals surface area contributed by atoms with Crippen LogP contribution in [0.1, 0.15) is 64.5 Å². The number of nitrogens with zero attached hydrogens (tertiary/aromatic N) is 4. The lowest BCUT2D eigenvalue weighted by Crippen LogP contribution is -2.28. The highest BCUT2D eigenvalue weighted by atomic mass is 16.3. The van der Waals surface area contributed by atoms with Gasteiger partial charge in [0.05, 0.1) is 40.6 Å². The average Bonchev–Trinajstić information content (AvgIpc) is 3.78. The zero-order valence-corrected chi connectivity index (χ0v) is 28.0. The number of nitriles is 2. The monoisotopic (exact) mass is 656 g/mol. The summed E-state index contributed by atoms with van der Waals surface area (Å²) < 4.78 is 8.74. The van der Waals surface area contributed by atoms with Gasteiger partial charge < -0.3 is 13.9 Å². The van der Waals surface area contributed by atoms with E-state index in [-0.39, 0.29) is 12.0 Å². The summed E-state index contributed by atoms with van der Waals surface area (Å²) in [5, 5.41) is 22.3. The van der Waals surface area contributed by atoms with Crippen molar-refractivity contribution >= 4 is 34.5 Å². The lowest BCUT2D eigenvalue weighted by Gasteiger charge is -2.29. The molecule has 4 aromatic carbocycles. The summed E-state index contributed by atoms with van der Waals surface area (Å²) in [6, 6.07) is 34.0. The van der Waals surface area contributed by atoms with Gasteiger partial charge in [-0.1, -0.05) is 91.9 Å². The Morgan fingerprint density at radius 1 is 0.784 bits per heavy atom. The molecule has 0 fully saturated rings. The van der Waals surface area contributed by atoms with Crippen LogP contribution in [0.15, 0.2) is 126 Å². The minimum absolute atomic E-state index is 0.140. The van der Waals surface area contributed by atoms with Gasteiger partial charge in [-0.2, -0.15) is 10.5 Å². The molecule has 0 spiro atoms. The van der Waals surface area contributed by atoms with E-state index in [0.717, 1.165) is 74.7 Å². The van der Waals surface area contributed by atoms with E-state index in [4.69, 9.17) is 4.42 Å². The SMILES string of the molecule is CC1CC=Cc2c1c1c(n2-c2ccc(-c3ccc(N4c5ccccc5C5C=CC=CC54)cc3C#N)c(C#N)c2)-c2c(oc3ccccc23)C=CC1. The second kappa shape index (κ2) is 11.2. The van der Waals surface area contributed by atoms with Crippen molar-refractivity contribution in [3.63, 3.8) is 0 Å². The number of benzene rings is 4. The van der Waals surface area contributed by atoms with Gasteiger partial charge in [0, 0.05) is 45.2 Å². The van der Waals surface area contributed by atoms with E-state index in [0.29, 0.717) is 17.0 Å². The average molecular weight is 657 g/mol. The molecule has 2 aromatic heterocycles. The van der Waals surface area contributed by atoms with E-state index < -0.39 is 0 Å². The number of hydrogen-bond donors (Lipinski definition) is 0. The molecule has 1 aliphatic heterocycles. The molecule has 3 atom stereocenters. The maximum atomic E-state index is 10.7. The number of aromatic nitrogens is 1. The van der Waals surface area contributed by atoms with E-state index in [2.05, 4.69) is 126 Å². The maximum Gasteiger partial charge on any atom is 0.137 e. The molecule has 4 aliphatic rings. The third kappa shape index (κ3) is 4.25. The van der Waals surface area contributed by atoms with Crippen molar-refractivity contribution in [3.8, 4) is 40.2 Å². The van der Waals surface area contributed by atoms with Crippen LogP contribution in [0, 0.1) is 22.7 Å². The Morgan fingerprint density at radius 3 is 2.37 bits per heavy atom. The number of hydrogen-bond acceptors (Lipinski definition) is 4. The Kier molecular flexibility index (Phi) is 6.47. The van der Waals surface area contributed by atoms with Crippen LogP contribution in [0.4, 0.5) is 11.4 Å². The zero-order chi connectivity index (χ0) is 34.2. The van der Waals surface area contributed by atoms with Crippen LogP contribution in [0.5, 0.6) is 0 Å². The number of allylic oxidation sites excluding steroid dienone is 4. The number of anilines is 2. The third-order valence-electron chi connectivity index (χ3n) is 11.1. The number of furan rings is 1. The highest BCUT2D eigenvalue weighted by molar-refractivity contribution is 6.00. The van der Waals surface area contributed by atoms with Crippen LogP contribution >= 0.6 is 0 Å². The Bertz CT molecular complexity index is 2660. The molecule has 0 amide bonds. The molecule has 242 valence electrons. The molecule has 5 heteroatoms. The Hall–Kier alpha value is -6.56. The molecule has 0 radical (unpaired) electrons. The van der Waals surface area contributed by atoms with Gasteiger partial charge >= 0.3 is 0 Å². The fourth-order valence-corrected chi connectivity index (χ4v) is 8.92. The molecular formula is C46H32N4O. The quantitative estimate of drug-likeness (QED) is 0.190. The second-order valence-electron chi connectivity index (χ2n) is 13.8. The predicted octanol–water partition coefficient (Wildman–Crippen LogP) is 11.1. The zero-order valence-electron chi connectivity index (χ0n) is 28.0. The molecule has 51 heavy (non-hydrogen) atoms. The second-order valence-corrected chi connectivity index (χ2v) is 13.8. The first-order valence-electron chi connectivity index (χ1n) is 17.6. The minimum atomic E-state index is 0.140. The smallest absolute Gasteiger partial charge is 0.137 e. The van der Waals surface area contributed by atoms with Gasteiger partial charge in [-0.15, -0.1) is 0 Å². The molecule has 0 saturated heterocycles. The van der Waals surface area contributed by atoms with Crippen LogP contribution in [-0.2, 0) is 6.42 Å². The van der Waals surface area contributed by atoms with E-state index in [1.54, 1.807) is 0 Å². The number of para-hydroxylation sites is 2. The fourth-order valence-electron chi connectivity index (χ4n) is 8.92. The maximum absolute atomic E-state index is 10.7. The summed E-state index contributed by atoms with van der Waals surface area (Å²) in [5.74, 6) is 1.47. The molecule has 10 rings (SSSR count). The fraction of sp³-hybridized carbons (Fsp3) is 0.130. The number of fused-ring (bicyclic) bond motifs is 10. The minimum Gasteiger partial charge on any atom is -0.456 e. The number of rotatable bonds is 3. The predicted molar refractivity (Wildman–Crippen MR) is 204 cm³/mol. The van der Waals surface area contributed by atoms with Crippen molar-refractivity contribution in [2.75, 3.05) is 4.90 Å². The Labute approximate surface area is 296 Å².